The summed E-state index contributed by atoms with van der Waals surface area (Å²) in [5, 5.41) is 0. The van der Waals surface area contributed by atoms with Gasteiger partial charge >= 0.3 is 0 Å². The van der Waals surface area contributed by atoms with Gasteiger partial charge in [-0.3, -0.25) is 0 Å². The molecule has 9 heavy (non-hydrogen) atoms. The van der Waals surface area contributed by atoms with Crippen LogP contribution < -0.4 is 10.9 Å². The molecular weight excluding hydrogens is 229 g/mol. The van der Waals surface area contributed by atoms with E-state index in [1.165, 1.54) is 5.70 Å². The Morgan fingerprint density at radius 1 is 1.67 bits per heavy atom. The summed E-state index contributed by atoms with van der Waals surface area (Å²) in [6.45, 7) is 0.888. The van der Waals surface area contributed by atoms with Gasteiger partial charge in [-0.05, 0) is 10.2 Å². The zero-order valence-corrected chi connectivity index (χ0v) is 6.84. The molecule has 48 valence electrons. The van der Waals surface area contributed by atoms with E-state index in [9.17, 15) is 0 Å². The minimum Gasteiger partial charge on any atom is -0.319 e. The topological polar surface area (TPSA) is 36.4 Å². The van der Waals surface area contributed by atoms with Crippen LogP contribution in [0.5, 0.6) is 0 Å². The molecule has 4 heteroatoms. The number of hydrazine groups is 1. The van der Waals surface area contributed by atoms with E-state index in [1.54, 1.807) is 0 Å². The van der Waals surface area contributed by atoms with Gasteiger partial charge in [-0.2, -0.15) is 0 Å². The summed E-state index contributed by atoms with van der Waals surface area (Å²) in [4.78, 5) is 0. The molecule has 0 radical (unpaired) electrons. The number of rotatable bonds is 0. The number of hydrogen-bond donors (Lipinski definition) is 2. The summed E-state index contributed by atoms with van der Waals surface area (Å²) in [5.41, 5.74) is 8.39. The monoisotopic (exact) mass is 235 g/mol. The van der Waals surface area contributed by atoms with E-state index >= 15 is 0 Å². The van der Waals surface area contributed by atoms with Crippen LogP contribution in [-0.4, -0.2) is 6.54 Å². The van der Waals surface area contributed by atoms with Crippen LogP contribution in [0.1, 0.15) is 0 Å². The van der Waals surface area contributed by atoms with E-state index in [2.05, 4.69) is 24.2 Å². The molecule has 0 fully saturated rings. The maximum absolute atomic E-state index is 4.37. The third-order valence-corrected chi connectivity index (χ3v) is 2.77. The fourth-order valence-corrected chi connectivity index (χ4v) is 2.23. The summed E-state index contributed by atoms with van der Waals surface area (Å²) < 4.78 is 6.52. The van der Waals surface area contributed by atoms with E-state index in [0.29, 0.717) is 0 Å². The second-order valence-corrected chi connectivity index (χ2v) is 3.57. The smallest absolute Gasteiger partial charge is 0.0866 e. The molecule has 0 aromatic heterocycles. The third-order valence-electron chi connectivity index (χ3n) is 1.23. The van der Waals surface area contributed by atoms with E-state index in [4.69, 9.17) is 0 Å². The van der Waals surface area contributed by atoms with Gasteiger partial charge in [0.2, 0.25) is 0 Å². The van der Waals surface area contributed by atoms with Crippen molar-refractivity contribution in [3.63, 3.8) is 0 Å². The lowest BCUT2D eigenvalue weighted by Gasteiger charge is -1.97. The van der Waals surface area contributed by atoms with Gasteiger partial charge < -0.3 is 5.43 Å². The van der Waals surface area contributed by atoms with Crippen molar-refractivity contribution in [1.29, 1.82) is 0 Å². The molecule has 0 aromatic carbocycles. The summed E-state index contributed by atoms with van der Waals surface area (Å²) in [5.74, 6) is 0. The van der Waals surface area contributed by atoms with Crippen LogP contribution in [0.3, 0.4) is 0 Å². The van der Waals surface area contributed by atoms with Gasteiger partial charge in [0.25, 0.3) is 0 Å². The largest absolute Gasteiger partial charge is 0.319 e. The van der Waals surface area contributed by atoms with Gasteiger partial charge in [0.1, 0.15) is 0 Å². The second-order valence-electron chi connectivity index (χ2n) is 1.81. The summed E-state index contributed by atoms with van der Waals surface area (Å²) in [7, 11) is 0. The highest BCUT2D eigenvalue weighted by Crippen LogP contribution is 2.20. The van der Waals surface area contributed by atoms with E-state index in [1.807, 2.05) is 0 Å². The molecular formula is C5H6IN3. The Balaban J connectivity index is 2.41. The summed E-state index contributed by atoms with van der Waals surface area (Å²) in [6.07, 6.45) is 2.11. The lowest BCUT2D eigenvalue weighted by molar-refractivity contribution is 0.706. The molecule has 3 nitrogen and oxygen atoms in total. The standard InChI is InChI=1S/C5H6IN3/c1-2-6-8-5-3-7-9-4(1)5/h1-2,7,9H,3H2. The molecule has 0 amide bonds. The zero-order chi connectivity index (χ0) is 6.10. The summed E-state index contributed by atoms with van der Waals surface area (Å²) >= 11 is -0.0125. The van der Waals surface area contributed by atoms with Crippen molar-refractivity contribution >= 4 is 21.0 Å². The molecule has 2 rings (SSSR count). The van der Waals surface area contributed by atoms with Gasteiger partial charge in [0.05, 0.1) is 17.9 Å². The number of halogens is 1. The van der Waals surface area contributed by atoms with Gasteiger partial charge in [0, 0.05) is 21.0 Å². The van der Waals surface area contributed by atoms with Crippen molar-refractivity contribution in [2.24, 2.45) is 3.15 Å². The van der Waals surface area contributed by atoms with Crippen molar-refractivity contribution in [2.75, 3.05) is 6.54 Å². The van der Waals surface area contributed by atoms with E-state index < -0.39 is 0 Å². The summed E-state index contributed by atoms with van der Waals surface area (Å²) in [6, 6.07) is 0. The first-order valence-corrected chi connectivity index (χ1v) is 4.90. The number of hydrogen-bond acceptors (Lipinski definition) is 3. The number of nitrogens with one attached hydrogen (secondary N) is 2. The van der Waals surface area contributed by atoms with Gasteiger partial charge in [-0.25, -0.2) is 8.57 Å². The lowest BCUT2D eigenvalue weighted by atomic mass is 10.3. The fourth-order valence-electron chi connectivity index (χ4n) is 0.782. The normalized spacial score (nSPS) is 23.1. The van der Waals surface area contributed by atoms with Crippen LogP contribution in [0.25, 0.3) is 0 Å². The van der Waals surface area contributed by atoms with Crippen molar-refractivity contribution in [2.45, 2.75) is 0 Å². The molecule has 0 spiro atoms. The lowest BCUT2D eigenvalue weighted by Crippen LogP contribution is -2.22. The van der Waals surface area contributed by atoms with Gasteiger partial charge in [-0.15, -0.1) is 0 Å². The van der Waals surface area contributed by atoms with Crippen molar-refractivity contribution in [3.05, 3.63) is 21.6 Å². The van der Waals surface area contributed by atoms with Crippen LogP contribution in [0, 0.1) is 0 Å². The third kappa shape index (κ3) is 0.920. The quantitative estimate of drug-likeness (QED) is 0.614. The molecule has 2 N–H and O–H groups in total. The average Bonchev–Trinajstić information content (AvgIpc) is 2.33. The molecule has 0 aromatic rings. The first-order valence-electron chi connectivity index (χ1n) is 2.69. The predicted octanol–water partition coefficient (Wildman–Crippen LogP) is 0.987. The predicted molar refractivity (Wildman–Crippen MR) is 43.8 cm³/mol. The Labute approximate surface area is 63.3 Å². The van der Waals surface area contributed by atoms with Gasteiger partial charge in [0.15, 0.2) is 0 Å². The van der Waals surface area contributed by atoms with Crippen LogP contribution >= 0.6 is 21.0 Å². The average molecular weight is 235 g/mol. The van der Waals surface area contributed by atoms with Crippen molar-refractivity contribution in [3.8, 4) is 0 Å². The Kier molecular flexibility index (Phi) is 1.35. The highest BCUT2D eigenvalue weighted by Gasteiger charge is 2.10. The minimum atomic E-state index is -0.0125. The Hall–Kier alpha value is -0.230. The zero-order valence-electron chi connectivity index (χ0n) is 4.69. The van der Waals surface area contributed by atoms with Crippen LogP contribution in [0.15, 0.2) is 24.7 Å². The van der Waals surface area contributed by atoms with Crippen LogP contribution in [0.2, 0.25) is 0 Å². The maximum Gasteiger partial charge on any atom is 0.0866 e. The van der Waals surface area contributed by atoms with Gasteiger partial charge in [-0.1, -0.05) is 0 Å². The molecule has 0 atom stereocenters. The van der Waals surface area contributed by atoms with E-state index in [0.717, 1.165) is 12.2 Å². The molecule has 0 bridgehead atoms. The minimum absolute atomic E-state index is 0.0125. The molecule has 0 aliphatic carbocycles. The highest BCUT2D eigenvalue weighted by atomic mass is 127. The fraction of sp³-hybridized carbons (Fsp3) is 0.200. The SMILES string of the molecule is C1=CC2=C(CNN2)N=I1. The maximum atomic E-state index is 4.37. The molecule has 2 aliphatic heterocycles. The second kappa shape index (κ2) is 2.18. The molecule has 0 saturated heterocycles. The molecule has 2 aliphatic rings. The Bertz CT molecular complexity index is 194. The Morgan fingerprint density at radius 2 is 2.67 bits per heavy atom. The first-order chi connectivity index (χ1) is 4.47. The highest BCUT2D eigenvalue weighted by molar-refractivity contribution is 14.2. The first kappa shape index (κ1) is 5.55. The van der Waals surface area contributed by atoms with Crippen LogP contribution in [0.4, 0.5) is 0 Å². The Morgan fingerprint density at radius 3 is 3.56 bits per heavy atom. The molecule has 0 saturated carbocycles. The molecule has 2 heterocycles. The van der Waals surface area contributed by atoms with Crippen molar-refractivity contribution in [1.82, 2.24) is 10.9 Å². The van der Waals surface area contributed by atoms with E-state index in [-0.39, 0.29) is 21.0 Å². The van der Waals surface area contributed by atoms with Crippen LogP contribution in [-0.2, 0) is 0 Å². The number of allylic oxidation sites excluding steroid dienone is 1. The number of nitrogens with zero attached hydrogens (tertiary/aromatic N) is 1. The molecule has 0 unspecified atom stereocenters. The van der Waals surface area contributed by atoms with Crippen molar-refractivity contribution < 1.29 is 0 Å².